The number of pyridine rings is 1. The monoisotopic (exact) mass is 582 g/mol. The first-order chi connectivity index (χ1) is 21.5. The molecule has 0 radical (unpaired) electrons. The summed E-state index contributed by atoms with van der Waals surface area (Å²) >= 11 is 0. The molecule has 8 nitrogen and oxygen atoms in total. The van der Waals surface area contributed by atoms with Crippen molar-refractivity contribution < 1.29 is 9.59 Å². The summed E-state index contributed by atoms with van der Waals surface area (Å²) in [6.07, 6.45) is 9.60. The van der Waals surface area contributed by atoms with Crippen molar-refractivity contribution in [2.24, 2.45) is 0 Å². The molecule has 1 atom stereocenters. The van der Waals surface area contributed by atoms with E-state index < -0.39 is 6.04 Å². The first-order valence-corrected chi connectivity index (χ1v) is 14.8. The van der Waals surface area contributed by atoms with E-state index in [0.717, 1.165) is 34.4 Å². The predicted molar refractivity (Wildman–Crippen MR) is 169 cm³/mol. The maximum absolute atomic E-state index is 14.4. The van der Waals surface area contributed by atoms with Gasteiger partial charge >= 0.3 is 0 Å². The molecule has 0 saturated carbocycles. The van der Waals surface area contributed by atoms with Crippen LogP contribution in [-0.4, -0.2) is 54.2 Å². The summed E-state index contributed by atoms with van der Waals surface area (Å²) in [4.78, 5) is 36.5. The molecule has 3 aromatic carbocycles. The van der Waals surface area contributed by atoms with Gasteiger partial charge in [0, 0.05) is 38.3 Å². The third-order valence-electron chi connectivity index (χ3n) is 7.97. The molecule has 6 rings (SSSR count). The molecule has 1 aliphatic rings. The second-order valence-electron chi connectivity index (χ2n) is 11.1. The molecule has 1 unspecified atom stereocenters. The Hall–Kier alpha value is -5.37. The fraction of sp³-hybridized carbons (Fsp3) is 0.194. The fourth-order valence-electron chi connectivity index (χ4n) is 5.53. The third-order valence-corrected chi connectivity index (χ3v) is 7.97. The second-order valence-corrected chi connectivity index (χ2v) is 11.1. The van der Waals surface area contributed by atoms with Crippen LogP contribution in [0.25, 0.3) is 11.8 Å². The van der Waals surface area contributed by atoms with Crippen molar-refractivity contribution in [2.45, 2.75) is 38.9 Å². The molecule has 0 N–H and O–H groups in total. The number of rotatable bonds is 9. The lowest BCUT2D eigenvalue weighted by Gasteiger charge is -2.37. The van der Waals surface area contributed by atoms with Crippen molar-refractivity contribution >= 4 is 17.9 Å². The molecule has 0 fully saturated rings. The van der Waals surface area contributed by atoms with Crippen molar-refractivity contribution in [3.05, 3.63) is 149 Å². The molecule has 5 aromatic rings. The molecule has 220 valence electrons. The first-order valence-electron chi connectivity index (χ1n) is 14.8. The van der Waals surface area contributed by atoms with E-state index in [1.165, 1.54) is 11.6 Å². The summed E-state index contributed by atoms with van der Waals surface area (Å²) in [5.41, 5.74) is 6.90. The number of nitrogens with zero attached hydrogens (tertiary/aromatic N) is 6. The van der Waals surface area contributed by atoms with E-state index in [2.05, 4.69) is 27.4 Å². The molecule has 44 heavy (non-hydrogen) atoms. The quantitative estimate of drug-likeness (QED) is 0.223. The van der Waals surface area contributed by atoms with Crippen LogP contribution in [0, 0.1) is 6.92 Å². The highest BCUT2D eigenvalue weighted by atomic mass is 16.2. The van der Waals surface area contributed by atoms with Crippen molar-refractivity contribution in [3.63, 3.8) is 0 Å². The van der Waals surface area contributed by atoms with E-state index in [1.54, 1.807) is 34.2 Å². The number of amides is 2. The maximum Gasteiger partial charge on any atom is 0.247 e. The van der Waals surface area contributed by atoms with E-state index in [4.69, 9.17) is 0 Å². The van der Waals surface area contributed by atoms with Crippen LogP contribution in [0.4, 0.5) is 0 Å². The molecular formula is C36H34N6O2. The van der Waals surface area contributed by atoms with Gasteiger partial charge in [0.15, 0.2) is 0 Å². The van der Waals surface area contributed by atoms with Gasteiger partial charge in [-0.2, -0.15) is 0 Å². The van der Waals surface area contributed by atoms with Crippen LogP contribution in [-0.2, 0) is 35.5 Å². The highest BCUT2D eigenvalue weighted by Crippen LogP contribution is 2.23. The minimum atomic E-state index is -0.708. The average molecular weight is 583 g/mol. The minimum Gasteiger partial charge on any atom is -0.336 e. The Balaban J connectivity index is 1.34. The molecule has 2 aromatic heterocycles. The second kappa shape index (κ2) is 13.3. The highest BCUT2D eigenvalue weighted by molar-refractivity contribution is 5.95. The standard InChI is InChI=1S/C36H34N6O2/c1-27-11-14-32(37-24-27)15-18-35(43)41(25-29-12-16-33(17-13-29)42-22-20-38-39-42)34(23-28-7-3-2-4-8-28)36(44)40-21-19-30-9-5-6-10-31(30)26-40/h2-18,20,22,24,34H,19,21,23,25-26H2,1H3. The summed E-state index contributed by atoms with van der Waals surface area (Å²) in [6, 6.07) is 29.1. The lowest BCUT2D eigenvalue weighted by atomic mass is 9.97. The van der Waals surface area contributed by atoms with Crippen LogP contribution < -0.4 is 0 Å². The van der Waals surface area contributed by atoms with Crippen molar-refractivity contribution in [1.29, 1.82) is 0 Å². The van der Waals surface area contributed by atoms with E-state index in [1.807, 2.05) is 90.7 Å². The zero-order valence-corrected chi connectivity index (χ0v) is 24.7. The Morgan fingerprint density at radius 3 is 2.41 bits per heavy atom. The fourth-order valence-corrected chi connectivity index (χ4v) is 5.53. The molecule has 3 heterocycles. The first kappa shape index (κ1) is 28.7. The molecule has 1 aliphatic heterocycles. The van der Waals surface area contributed by atoms with Crippen molar-refractivity contribution in [3.8, 4) is 5.69 Å². The van der Waals surface area contributed by atoms with Crippen LogP contribution in [0.3, 0.4) is 0 Å². The smallest absolute Gasteiger partial charge is 0.247 e. The minimum absolute atomic E-state index is 0.0576. The molecular weight excluding hydrogens is 548 g/mol. The lowest BCUT2D eigenvalue weighted by Crippen LogP contribution is -2.52. The number of aryl methyl sites for hydroxylation is 1. The van der Waals surface area contributed by atoms with Crippen molar-refractivity contribution in [1.82, 2.24) is 29.8 Å². The lowest BCUT2D eigenvalue weighted by molar-refractivity contribution is -0.144. The molecule has 0 aliphatic carbocycles. The van der Waals surface area contributed by atoms with Crippen LogP contribution in [0.2, 0.25) is 0 Å². The van der Waals surface area contributed by atoms with E-state index in [0.29, 0.717) is 25.2 Å². The molecule has 0 bridgehead atoms. The Kier molecular flexibility index (Phi) is 8.68. The summed E-state index contributed by atoms with van der Waals surface area (Å²) < 4.78 is 1.68. The Morgan fingerprint density at radius 2 is 1.68 bits per heavy atom. The SMILES string of the molecule is Cc1ccc(C=CC(=O)N(Cc2ccc(-n3ccnn3)cc2)C(Cc2ccccc2)C(=O)N2CCc3ccccc3C2)nc1. The highest BCUT2D eigenvalue weighted by Gasteiger charge is 2.34. The number of hydrogen-bond acceptors (Lipinski definition) is 5. The zero-order chi connectivity index (χ0) is 30.3. The molecule has 0 spiro atoms. The predicted octanol–water partition coefficient (Wildman–Crippen LogP) is 5.21. The third kappa shape index (κ3) is 6.81. The molecule has 2 amide bonds. The molecule has 8 heteroatoms. The summed E-state index contributed by atoms with van der Waals surface area (Å²) in [5.74, 6) is -0.308. The zero-order valence-electron chi connectivity index (χ0n) is 24.7. The van der Waals surface area contributed by atoms with Gasteiger partial charge in [0.1, 0.15) is 6.04 Å². The maximum atomic E-state index is 14.4. The largest absolute Gasteiger partial charge is 0.336 e. The number of carbonyl (C=O) groups is 2. The van der Waals surface area contributed by atoms with Gasteiger partial charge in [0.05, 0.1) is 23.8 Å². The number of fused-ring (bicyclic) bond motifs is 1. The van der Waals surface area contributed by atoms with Gasteiger partial charge in [0.25, 0.3) is 0 Å². The summed E-state index contributed by atoms with van der Waals surface area (Å²) in [7, 11) is 0. The topological polar surface area (TPSA) is 84.2 Å². The van der Waals surface area contributed by atoms with Gasteiger partial charge in [-0.15, -0.1) is 5.10 Å². The van der Waals surface area contributed by atoms with Gasteiger partial charge in [-0.25, -0.2) is 4.68 Å². The summed E-state index contributed by atoms with van der Waals surface area (Å²) in [5, 5.41) is 7.96. The van der Waals surface area contributed by atoms with Crippen LogP contribution >= 0.6 is 0 Å². The van der Waals surface area contributed by atoms with Gasteiger partial charge in [0.2, 0.25) is 11.8 Å². The van der Waals surface area contributed by atoms with Crippen LogP contribution in [0.5, 0.6) is 0 Å². The van der Waals surface area contributed by atoms with Gasteiger partial charge in [-0.1, -0.05) is 78.0 Å². The van der Waals surface area contributed by atoms with Crippen LogP contribution in [0.1, 0.15) is 33.5 Å². The Bertz CT molecular complexity index is 1730. The Labute approximate surface area is 257 Å². The van der Waals surface area contributed by atoms with E-state index in [9.17, 15) is 9.59 Å². The van der Waals surface area contributed by atoms with Crippen LogP contribution in [0.15, 0.2) is 116 Å². The van der Waals surface area contributed by atoms with E-state index in [-0.39, 0.29) is 18.4 Å². The summed E-state index contributed by atoms with van der Waals surface area (Å²) in [6.45, 7) is 3.37. The van der Waals surface area contributed by atoms with Gasteiger partial charge < -0.3 is 9.80 Å². The van der Waals surface area contributed by atoms with Gasteiger partial charge in [-0.05, 0) is 65.4 Å². The van der Waals surface area contributed by atoms with Gasteiger partial charge in [-0.3, -0.25) is 14.6 Å². The number of aromatic nitrogens is 4. The average Bonchev–Trinajstić information content (AvgIpc) is 3.61. The van der Waals surface area contributed by atoms with E-state index >= 15 is 0 Å². The molecule has 0 saturated heterocycles. The Morgan fingerprint density at radius 1 is 0.909 bits per heavy atom. The van der Waals surface area contributed by atoms with Crippen molar-refractivity contribution in [2.75, 3.05) is 6.54 Å². The number of benzene rings is 3. The number of hydrogen-bond donors (Lipinski definition) is 0. The number of carbonyl (C=O) groups excluding carboxylic acids is 2. The normalized spacial score (nSPS) is 13.4.